The number of rotatable bonds is 5. The number of hydrogen-bond acceptors (Lipinski definition) is 1. The van der Waals surface area contributed by atoms with Gasteiger partial charge in [-0.05, 0) is 37.3 Å². The fourth-order valence-corrected chi connectivity index (χ4v) is 3.55. The third-order valence-corrected chi connectivity index (χ3v) is 4.70. The third-order valence-electron chi connectivity index (χ3n) is 4.70. The molecule has 0 heterocycles. The van der Waals surface area contributed by atoms with Gasteiger partial charge in [0.25, 0.3) is 0 Å². The van der Waals surface area contributed by atoms with Gasteiger partial charge in [-0.2, -0.15) is 0 Å². The molecule has 0 radical (unpaired) electrons. The zero-order chi connectivity index (χ0) is 14.8. The fraction of sp³-hybridized carbons (Fsp3) is 0.625. The molecular weight excluding hydrogens is 263 g/mol. The topological polar surface area (TPSA) is 12.0 Å². The van der Waals surface area contributed by atoms with Crippen molar-refractivity contribution in [1.29, 1.82) is 0 Å². The molecule has 1 aliphatic carbocycles. The minimum absolute atomic E-state index is 0.0544. The molecule has 2 rings (SSSR count). The molecule has 1 atom stereocenters. The van der Waals surface area contributed by atoms with Crippen molar-refractivity contribution in [2.24, 2.45) is 5.41 Å². The molecule has 1 aromatic carbocycles. The third kappa shape index (κ3) is 2.58. The molecule has 1 nitrogen and oxygen atoms in total. The molecule has 0 aromatic heterocycles. The molecule has 112 valence electrons. The lowest BCUT2D eigenvalue weighted by molar-refractivity contribution is 0.184. The van der Waals surface area contributed by atoms with Gasteiger partial charge >= 0.3 is 0 Å². The van der Waals surface area contributed by atoms with Crippen LogP contribution in [0.2, 0.25) is 0 Å². The maximum atomic E-state index is 14.1. The largest absolute Gasteiger partial charge is 0.310 e. The average molecular weight is 285 g/mol. The van der Waals surface area contributed by atoms with Crippen molar-refractivity contribution in [1.82, 2.24) is 5.32 Å². The molecular formula is C16H22F3N. The van der Waals surface area contributed by atoms with Gasteiger partial charge in [0.1, 0.15) is 0 Å². The Morgan fingerprint density at radius 1 is 1.10 bits per heavy atom. The van der Waals surface area contributed by atoms with Gasteiger partial charge in [-0.15, -0.1) is 0 Å². The molecule has 1 saturated carbocycles. The van der Waals surface area contributed by atoms with E-state index in [0.717, 1.165) is 38.2 Å². The zero-order valence-corrected chi connectivity index (χ0v) is 12.1. The standard InChI is InChI=1S/C16H22F3N/c1-3-16(9-5-6-10-16)15(20-4-2)11-7-8-12(17)14(19)13(11)18/h7-8,15,20H,3-6,9-10H2,1-2H3. The van der Waals surface area contributed by atoms with Crippen molar-refractivity contribution in [2.45, 2.75) is 52.0 Å². The first-order chi connectivity index (χ1) is 9.55. The van der Waals surface area contributed by atoms with E-state index in [2.05, 4.69) is 12.2 Å². The molecule has 1 unspecified atom stereocenters. The Morgan fingerprint density at radius 2 is 1.75 bits per heavy atom. The van der Waals surface area contributed by atoms with Gasteiger partial charge in [-0.25, -0.2) is 13.2 Å². The zero-order valence-electron chi connectivity index (χ0n) is 12.1. The van der Waals surface area contributed by atoms with Gasteiger partial charge in [0.15, 0.2) is 17.5 Å². The molecule has 1 aromatic rings. The minimum Gasteiger partial charge on any atom is -0.310 e. The second kappa shape index (κ2) is 6.17. The van der Waals surface area contributed by atoms with Crippen LogP contribution >= 0.6 is 0 Å². The first-order valence-corrected chi connectivity index (χ1v) is 7.42. The van der Waals surface area contributed by atoms with Crippen molar-refractivity contribution in [3.63, 3.8) is 0 Å². The van der Waals surface area contributed by atoms with E-state index in [9.17, 15) is 13.2 Å². The van der Waals surface area contributed by atoms with E-state index in [0.29, 0.717) is 6.54 Å². The van der Waals surface area contributed by atoms with Crippen molar-refractivity contribution in [2.75, 3.05) is 6.54 Å². The summed E-state index contributed by atoms with van der Waals surface area (Å²) in [6, 6.07) is 2.16. The lowest BCUT2D eigenvalue weighted by Crippen LogP contribution is -2.37. The molecule has 0 spiro atoms. The quantitative estimate of drug-likeness (QED) is 0.771. The van der Waals surface area contributed by atoms with E-state index >= 15 is 0 Å². The Hall–Kier alpha value is -1.03. The van der Waals surface area contributed by atoms with Gasteiger partial charge in [0.2, 0.25) is 0 Å². The smallest absolute Gasteiger partial charge is 0.194 e. The minimum atomic E-state index is -1.37. The lowest BCUT2D eigenvalue weighted by atomic mass is 9.73. The Labute approximate surface area is 118 Å². The van der Waals surface area contributed by atoms with Crippen molar-refractivity contribution in [3.05, 3.63) is 35.1 Å². The molecule has 4 heteroatoms. The van der Waals surface area contributed by atoms with Crippen LogP contribution in [-0.2, 0) is 0 Å². The molecule has 0 saturated heterocycles. The van der Waals surface area contributed by atoms with E-state index < -0.39 is 17.5 Å². The Kier molecular flexibility index (Phi) is 4.74. The summed E-state index contributed by atoms with van der Waals surface area (Å²) < 4.78 is 40.8. The summed E-state index contributed by atoms with van der Waals surface area (Å²) in [6.07, 6.45) is 5.13. The van der Waals surface area contributed by atoms with Crippen molar-refractivity contribution >= 4 is 0 Å². The van der Waals surface area contributed by atoms with E-state index in [1.165, 1.54) is 6.07 Å². The van der Waals surface area contributed by atoms with E-state index in [1.54, 1.807) is 0 Å². The van der Waals surface area contributed by atoms with Crippen LogP contribution in [0.15, 0.2) is 12.1 Å². The number of nitrogens with one attached hydrogen (secondary N) is 1. The molecule has 1 fully saturated rings. The second-order valence-electron chi connectivity index (χ2n) is 5.68. The van der Waals surface area contributed by atoms with Crippen LogP contribution in [0.4, 0.5) is 13.2 Å². The van der Waals surface area contributed by atoms with Gasteiger partial charge in [0, 0.05) is 11.6 Å². The number of hydrogen-bond donors (Lipinski definition) is 1. The van der Waals surface area contributed by atoms with Crippen molar-refractivity contribution in [3.8, 4) is 0 Å². The van der Waals surface area contributed by atoms with Gasteiger partial charge < -0.3 is 5.32 Å². The van der Waals surface area contributed by atoms with Crippen LogP contribution in [0.1, 0.15) is 57.6 Å². The van der Waals surface area contributed by atoms with Crippen LogP contribution in [0.25, 0.3) is 0 Å². The molecule has 0 bridgehead atoms. The summed E-state index contributed by atoms with van der Waals surface area (Å²) >= 11 is 0. The number of halogens is 3. The van der Waals surface area contributed by atoms with Crippen LogP contribution in [-0.4, -0.2) is 6.54 Å². The van der Waals surface area contributed by atoms with Gasteiger partial charge in [-0.1, -0.05) is 32.8 Å². The highest BCUT2D eigenvalue weighted by Crippen LogP contribution is 2.50. The summed E-state index contributed by atoms with van der Waals surface area (Å²) in [5.74, 6) is -3.54. The van der Waals surface area contributed by atoms with Crippen LogP contribution in [0, 0.1) is 22.9 Å². The molecule has 1 N–H and O–H groups in total. The lowest BCUT2D eigenvalue weighted by Gasteiger charge is -2.38. The Morgan fingerprint density at radius 3 is 2.30 bits per heavy atom. The first kappa shape index (κ1) is 15.4. The monoisotopic (exact) mass is 285 g/mol. The highest BCUT2D eigenvalue weighted by molar-refractivity contribution is 5.26. The highest BCUT2D eigenvalue weighted by Gasteiger charge is 2.41. The summed E-state index contributed by atoms with van der Waals surface area (Å²) in [6.45, 7) is 4.71. The van der Waals surface area contributed by atoms with Crippen LogP contribution in [0.3, 0.4) is 0 Å². The highest BCUT2D eigenvalue weighted by atomic mass is 19.2. The average Bonchev–Trinajstić information content (AvgIpc) is 2.93. The molecule has 0 amide bonds. The summed E-state index contributed by atoms with van der Waals surface area (Å²) in [5.41, 5.74) is 0.204. The van der Waals surface area contributed by atoms with Crippen LogP contribution in [0.5, 0.6) is 0 Å². The maximum absolute atomic E-state index is 14.1. The SMILES string of the molecule is CCNC(c1ccc(F)c(F)c1F)C1(CC)CCCC1. The Bertz CT molecular complexity index is 467. The summed E-state index contributed by atoms with van der Waals surface area (Å²) in [4.78, 5) is 0. The van der Waals surface area contributed by atoms with Crippen molar-refractivity contribution < 1.29 is 13.2 Å². The normalized spacial score (nSPS) is 19.2. The predicted octanol–water partition coefficient (Wildman–Crippen LogP) is 4.72. The fourth-order valence-electron chi connectivity index (χ4n) is 3.55. The number of benzene rings is 1. The molecule has 0 aliphatic heterocycles. The summed E-state index contributed by atoms with van der Waals surface area (Å²) in [5, 5.41) is 3.29. The maximum Gasteiger partial charge on any atom is 0.194 e. The van der Waals surface area contributed by atoms with Crippen LogP contribution < -0.4 is 5.32 Å². The van der Waals surface area contributed by atoms with E-state index in [-0.39, 0.29) is 17.0 Å². The molecule has 1 aliphatic rings. The Balaban J connectivity index is 2.45. The van der Waals surface area contributed by atoms with Gasteiger partial charge in [-0.3, -0.25) is 0 Å². The van der Waals surface area contributed by atoms with E-state index in [4.69, 9.17) is 0 Å². The predicted molar refractivity (Wildman–Crippen MR) is 73.9 cm³/mol. The first-order valence-electron chi connectivity index (χ1n) is 7.42. The second-order valence-corrected chi connectivity index (χ2v) is 5.68. The molecule has 20 heavy (non-hydrogen) atoms. The van der Waals surface area contributed by atoms with Gasteiger partial charge in [0.05, 0.1) is 0 Å². The summed E-state index contributed by atoms with van der Waals surface area (Å²) in [7, 11) is 0. The van der Waals surface area contributed by atoms with E-state index in [1.807, 2.05) is 6.92 Å².